The van der Waals surface area contributed by atoms with Gasteiger partial charge in [0.2, 0.25) is 10.0 Å². The number of carbonyl (C=O) groups excluding carboxylic acids is 1. The predicted octanol–water partition coefficient (Wildman–Crippen LogP) is 3.93. The molecule has 1 fully saturated rings. The smallest absolute Gasteiger partial charge is 0.262 e. The molecule has 0 aliphatic carbocycles. The molecule has 12 heteroatoms. The highest BCUT2D eigenvalue weighted by atomic mass is 32.2. The second-order valence-corrected chi connectivity index (χ2v) is 12.2. The molecule has 0 saturated carbocycles. The van der Waals surface area contributed by atoms with E-state index >= 15 is 0 Å². The van der Waals surface area contributed by atoms with Gasteiger partial charge in [-0.1, -0.05) is 18.6 Å². The first-order valence-corrected chi connectivity index (χ1v) is 14.8. The summed E-state index contributed by atoms with van der Waals surface area (Å²) in [5, 5.41) is 2.68. The molecule has 0 unspecified atom stereocenters. The van der Waals surface area contributed by atoms with Crippen LogP contribution < -0.4 is 19.5 Å². The monoisotopic (exact) mass is 559 g/mol. The van der Waals surface area contributed by atoms with E-state index < -0.39 is 26.0 Å². The van der Waals surface area contributed by atoms with Gasteiger partial charge in [0.05, 0.1) is 24.8 Å². The number of sulfonamides is 2. The van der Waals surface area contributed by atoms with Gasteiger partial charge in [-0.3, -0.25) is 9.52 Å². The van der Waals surface area contributed by atoms with Crippen molar-refractivity contribution < 1.29 is 31.1 Å². The second kappa shape index (κ2) is 11.4. The molecule has 0 spiro atoms. The van der Waals surface area contributed by atoms with Crippen molar-refractivity contribution in [2.75, 3.05) is 37.3 Å². The lowest BCUT2D eigenvalue weighted by molar-refractivity contribution is 0.102. The molecule has 1 aliphatic heterocycles. The number of hydrogen-bond acceptors (Lipinski definition) is 7. The lowest BCUT2D eigenvalue weighted by atomic mass is 10.2. The third-order valence-corrected chi connectivity index (χ3v) is 9.43. The van der Waals surface area contributed by atoms with E-state index in [9.17, 15) is 21.6 Å². The molecule has 0 radical (unpaired) electrons. The van der Waals surface area contributed by atoms with Crippen molar-refractivity contribution in [2.45, 2.75) is 29.1 Å². The first-order chi connectivity index (χ1) is 18.2. The number of nitrogens with one attached hydrogen (secondary N) is 2. The summed E-state index contributed by atoms with van der Waals surface area (Å²) in [6.07, 6.45) is 2.56. The van der Waals surface area contributed by atoms with Crippen molar-refractivity contribution in [2.24, 2.45) is 0 Å². The standard InChI is InChI=1S/C26H29N3O7S2/c1-35-23-9-5-4-8-22(23)28-37(31,32)21-13-10-19(11-14-21)26(30)27-20-12-15-24(36-2)25(18-20)38(33,34)29-16-6-3-7-17-29/h4-5,8-15,18,28H,3,6-7,16-17H2,1-2H3,(H,27,30). The number of methoxy groups -OCH3 is 2. The van der Waals surface area contributed by atoms with Crippen LogP contribution in [0.3, 0.4) is 0 Å². The number of amides is 1. The molecule has 38 heavy (non-hydrogen) atoms. The Morgan fingerprint density at radius 3 is 2.13 bits per heavy atom. The predicted molar refractivity (Wildman–Crippen MR) is 144 cm³/mol. The van der Waals surface area contributed by atoms with Crippen molar-refractivity contribution in [1.29, 1.82) is 0 Å². The third-order valence-electron chi connectivity index (χ3n) is 6.13. The van der Waals surface area contributed by atoms with Crippen LogP contribution in [0.1, 0.15) is 29.6 Å². The van der Waals surface area contributed by atoms with Crippen LogP contribution in [0, 0.1) is 0 Å². The van der Waals surface area contributed by atoms with Crippen LogP contribution in [0.15, 0.2) is 76.5 Å². The fourth-order valence-electron chi connectivity index (χ4n) is 4.12. The van der Waals surface area contributed by atoms with Crippen molar-refractivity contribution in [1.82, 2.24) is 4.31 Å². The summed E-state index contributed by atoms with van der Waals surface area (Å²) < 4.78 is 66.5. The van der Waals surface area contributed by atoms with Gasteiger partial charge in [-0.15, -0.1) is 0 Å². The Bertz CT molecular complexity index is 1520. The maximum atomic E-state index is 13.2. The Balaban J connectivity index is 1.52. The molecular formula is C26H29N3O7S2. The average molecular weight is 560 g/mol. The van der Waals surface area contributed by atoms with Gasteiger partial charge in [-0.05, 0) is 67.4 Å². The van der Waals surface area contributed by atoms with Crippen molar-refractivity contribution >= 4 is 37.3 Å². The van der Waals surface area contributed by atoms with Crippen LogP contribution in [0.2, 0.25) is 0 Å². The highest BCUT2D eigenvalue weighted by Gasteiger charge is 2.29. The summed E-state index contributed by atoms with van der Waals surface area (Å²) in [6, 6.07) is 16.4. The Kier molecular flexibility index (Phi) is 8.24. The number of carbonyl (C=O) groups is 1. The molecule has 1 aliphatic rings. The number of anilines is 2. The minimum absolute atomic E-state index is 0.0245. The van der Waals surface area contributed by atoms with Crippen LogP contribution in [-0.2, 0) is 20.0 Å². The van der Waals surface area contributed by atoms with Gasteiger partial charge in [-0.2, -0.15) is 4.31 Å². The number of piperidine rings is 1. The van der Waals surface area contributed by atoms with Crippen LogP contribution in [-0.4, -0.2) is 54.4 Å². The van der Waals surface area contributed by atoms with Gasteiger partial charge in [0, 0.05) is 24.3 Å². The largest absolute Gasteiger partial charge is 0.495 e. The average Bonchev–Trinajstić information content (AvgIpc) is 2.93. The lowest BCUT2D eigenvalue weighted by Crippen LogP contribution is -2.35. The maximum absolute atomic E-state index is 13.2. The Morgan fingerprint density at radius 2 is 1.47 bits per heavy atom. The zero-order chi connectivity index (χ0) is 27.3. The molecule has 0 bridgehead atoms. The molecule has 3 aromatic carbocycles. The molecule has 0 atom stereocenters. The van der Waals surface area contributed by atoms with Crippen molar-refractivity contribution in [3.8, 4) is 11.5 Å². The number of nitrogens with zero attached hydrogens (tertiary/aromatic N) is 1. The first kappa shape index (κ1) is 27.4. The molecule has 1 saturated heterocycles. The number of para-hydroxylation sites is 2. The van der Waals surface area contributed by atoms with E-state index in [4.69, 9.17) is 9.47 Å². The Hall–Kier alpha value is -3.61. The van der Waals surface area contributed by atoms with E-state index in [0.717, 1.165) is 19.3 Å². The van der Waals surface area contributed by atoms with Crippen LogP contribution in [0.4, 0.5) is 11.4 Å². The number of ether oxygens (including phenoxy) is 2. The fraction of sp³-hybridized carbons (Fsp3) is 0.269. The topological polar surface area (TPSA) is 131 Å². The molecule has 1 heterocycles. The van der Waals surface area contributed by atoms with Crippen LogP contribution in [0.25, 0.3) is 0 Å². The number of hydrogen-bond donors (Lipinski definition) is 2. The van der Waals surface area contributed by atoms with Gasteiger partial charge in [0.1, 0.15) is 16.4 Å². The van der Waals surface area contributed by atoms with Crippen molar-refractivity contribution in [3.63, 3.8) is 0 Å². The number of benzene rings is 3. The van der Waals surface area contributed by atoms with Crippen LogP contribution >= 0.6 is 0 Å². The third kappa shape index (κ3) is 5.93. The Morgan fingerprint density at radius 1 is 0.816 bits per heavy atom. The summed E-state index contributed by atoms with van der Waals surface area (Å²) in [6.45, 7) is 0.868. The summed E-state index contributed by atoms with van der Waals surface area (Å²) >= 11 is 0. The summed E-state index contributed by atoms with van der Waals surface area (Å²) in [7, 11) is -4.91. The van der Waals surface area contributed by atoms with Gasteiger partial charge in [0.15, 0.2) is 0 Å². The first-order valence-electron chi connectivity index (χ1n) is 11.9. The summed E-state index contributed by atoms with van der Waals surface area (Å²) in [5.74, 6) is 0.0250. The van der Waals surface area contributed by atoms with Crippen molar-refractivity contribution in [3.05, 3.63) is 72.3 Å². The lowest BCUT2D eigenvalue weighted by Gasteiger charge is -2.26. The number of rotatable bonds is 9. The zero-order valence-corrected chi connectivity index (χ0v) is 22.6. The molecule has 1 amide bonds. The molecule has 3 aromatic rings. The van der Waals surface area contributed by atoms with Gasteiger partial charge in [-0.25, -0.2) is 16.8 Å². The van der Waals surface area contributed by atoms with E-state index in [1.165, 1.54) is 54.9 Å². The van der Waals surface area contributed by atoms with Gasteiger partial charge < -0.3 is 14.8 Å². The fourth-order valence-corrected chi connectivity index (χ4v) is 6.89. The normalized spacial score (nSPS) is 14.5. The highest BCUT2D eigenvalue weighted by molar-refractivity contribution is 7.92. The van der Waals surface area contributed by atoms with E-state index in [-0.39, 0.29) is 32.5 Å². The SMILES string of the molecule is COc1ccccc1NS(=O)(=O)c1ccc(C(=O)Nc2ccc(OC)c(S(=O)(=O)N3CCCCC3)c2)cc1. The molecular weight excluding hydrogens is 530 g/mol. The maximum Gasteiger partial charge on any atom is 0.262 e. The van der Waals surface area contributed by atoms with E-state index in [0.29, 0.717) is 18.8 Å². The van der Waals surface area contributed by atoms with E-state index in [2.05, 4.69) is 10.0 Å². The molecule has 2 N–H and O–H groups in total. The van der Waals surface area contributed by atoms with E-state index in [1.54, 1.807) is 30.3 Å². The Labute approximate surface area is 222 Å². The van der Waals surface area contributed by atoms with E-state index in [1.807, 2.05) is 0 Å². The van der Waals surface area contributed by atoms with Crippen LogP contribution in [0.5, 0.6) is 11.5 Å². The summed E-state index contributed by atoms with van der Waals surface area (Å²) in [5.41, 5.74) is 0.741. The second-order valence-electron chi connectivity index (χ2n) is 8.61. The quantitative estimate of drug-likeness (QED) is 0.406. The minimum atomic E-state index is -3.93. The zero-order valence-electron chi connectivity index (χ0n) is 21.0. The highest BCUT2D eigenvalue weighted by Crippen LogP contribution is 2.31. The van der Waals surface area contributed by atoms with Gasteiger partial charge in [0.25, 0.3) is 15.9 Å². The minimum Gasteiger partial charge on any atom is -0.495 e. The molecule has 202 valence electrons. The molecule has 0 aromatic heterocycles. The van der Waals surface area contributed by atoms with Gasteiger partial charge >= 0.3 is 0 Å². The molecule has 4 rings (SSSR count). The summed E-state index contributed by atoms with van der Waals surface area (Å²) in [4.78, 5) is 12.8. The molecule has 10 nitrogen and oxygen atoms in total.